The summed E-state index contributed by atoms with van der Waals surface area (Å²) in [4.78, 5) is 0. The Kier molecular flexibility index (Phi) is 3.24. The number of rotatable bonds is 1. The minimum absolute atomic E-state index is 0.0234. The lowest BCUT2D eigenvalue weighted by atomic mass is 9.42. The molecule has 136 valence electrons. The van der Waals surface area contributed by atoms with E-state index < -0.39 is 5.60 Å². The second-order valence-electron chi connectivity index (χ2n) is 9.44. The van der Waals surface area contributed by atoms with Crippen LogP contribution in [0.25, 0.3) is 0 Å². The second-order valence-corrected chi connectivity index (χ2v) is 9.44. The van der Waals surface area contributed by atoms with E-state index in [1.807, 2.05) is 0 Å². The number of methoxy groups -OCH3 is 1. The Morgan fingerprint density at radius 3 is 2.76 bits per heavy atom. The topological polar surface area (TPSA) is 49.7 Å². The predicted molar refractivity (Wildman–Crippen MR) is 96.7 cm³/mol. The molecule has 0 aliphatic heterocycles. The highest BCUT2D eigenvalue weighted by atomic mass is 16.5. The molecule has 3 nitrogen and oxygen atoms in total. The third-order valence-corrected chi connectivity index (χ3v) is 8.91. The summed E-state index contributed by atoms with van der Waals surface area (Å²) < 4.78 is 5.43. The van der Waals surface area contributed by atoms with Crippen LogP contribution in [0.3, 0.4) is 0 Å². The quantitative estimate of drug-likeness (QED) is 0.816. The van der Waals surface area contributed by atoms with Gasteiger partial charge in [0.05, 0.1) is 18.8 Å². The molecule has 0 saturated heterocycles. The Morgan fingerprint density at radius 1 is 1.12 bits per heavy atom. The number of aliphatic hydroxyl groups excluding tert-OH is 1. The van der Waals surface area contributed by atoms with Gasteiger partial charge in [-0.15, -0.1) is 0 Å². The van der Waals surface area contributed by atoms with Gasteiger partial charge in [-0.2, -0.15) is 0 Å². The van der Waals surface area contributed by atoms with Crippen molar-refractivity contribution in [2.24, 2.45) is 16.7 Å². The number of ether oxygens (including phenoxy) is 1. The van der Waals surface area contributed by atoms with Gasteiger partial charge in [0.1, 0.15) is 5.75 Å². The summed E-state index contributed by atoms with van der Waals surface area (Å²) in [6, 6.07) is 6.61. The van der Waals surface area contributed by atoms with Crippen LogP contribution >= 0.6 is 0 Å². The summed E-state index contributed by atoms with van der Waals surface area (Å²) >= 11 is 0. The average Bonchev–Trinajstić information content (AvgIpc) is 2.73. The molecular formula is C22H30O3. The van der Waals surface area contributed by atoms with E-state index in [2.05, 4.69) is 25.1 Å². The first kappa shape index (κ1) is 16.1. The van der Waals surface area contributed by atoms with E-state index in [1.54, 1.807) is 7.11 Å². The van der Waals surface area contributed by atoms with Crippen LogP contribution in [0.1, 0.15) is 68.9 Å². The molecule has 3 saturated carbocycles. The van der Waals surface area contributed by atoms with Crippen LogP contribution in [0.15, 0.2) is 18.2 Å². The molecule has 2 bridgehead atoms. The monoisotopic (exact) mass is 342 g/mol. The number of aryl methyl sites for hydroxylation is 1. The van der Waals surface area contributed by atoms with Crippen LogP contribution in [0.4, 0.5) is 0 Å². The molecule has 4 aliphatic rings. The molecule has 3 heteroatoms. The minimum atomic E-state index is -0.657. The van der Waals surface area contributed by atoms with Gasteiger partial charge < -0.3 is 14.9 Å². The third-order valence-electron chi connectivity index (χ3n) is 8.91. The molecule has 0 spiro atoms. The molecule has 0 heterocycles. The van der Waals surface area contributed by atoms with Crippen molar-refractivity contribution in [3.8, 4) is 5.75 Å². The van der Waals surface area contributed by atoms with Gasteiger partial charge in [0.25, 0.3) is 0 Å². The number of fused-ring (bicyclic) bond motifs is 3. The van der Waals surface area contributed by atoms with Crippen molar-refractivity contribution < 1.29 is 14.9 Å². The van der Waals surface area contributed by atoms with Crippen molar-refractivity contribution >= 4 is 0 Å². The number of hydrogen-bond donors (Lipinski definition) is 2. The van der Waals surface area contributed by atoms with E-state index in [4.69, 9.17) is 4.74 Å². The Hall–Kier alpha value is -1.06. The number of aliphatic hydroxyl groups is 2. The highest BCUT2D eigenvalue weighted by Crippen LogP contribution is 2.75. The zero-order valence-corrected chi connectivity index (χ0v) is 15.4. The van der Waals surface area contributed by atoms with Crippen molar-refractivity contribution in [1.29, 1.82) is 0 Å². The fourth-order valence-corrected chi connectivity index (χ4v) is 7.69. The van der Waals surface area contributed by atoms with Crippen molar-refractivity contribution in [1.82, 2.24) is 0 Å². The third kappa shape index (κ3) is 1.84. The Balaban J connectivity index is 1.59. The van der Waals surface area contributed by atoms with Gasteiger partial charge in [-0.3, -0.25) is 0 Å². The Labute approximate surface area is 150 Å². The standard InChI is InChI=1S/C22H30O3/c1-20-8-7-18-17-5-4-16(25-2)11-14(17)3-6-19(18)21(20)9-10-22(20,24)13-15(23)12-21/h4-5,11,15,18-19,23-24H,3,6-10,12-13H2,1-2H3/t15-,18+,19+,20-,21-,22-/m0/s1. The van der Waals surface area contributed by atoms with E-state index in [1.165, 1.54) is 24.0 Å². The average molecular weight is 342 g/mol. The van der Waals surface area contributed by atoms with E-state index >= 15 is 0 Å². The summed E-state index contributed by atoms with van der Waals surface area (Å²) in [6.07, 6.45) is 7.63. The summed E-state index contributed by atoms with van der Waals surface area (Å²) in [5.74, 6) is 2.13. The van der Waals surface area contributed by atoms with Crippen LogP contribution in [-0.2, 0) is 6.42 Å². The van der Waals surface area contributed by atoms with Gasteiger partial charge in [-0.05, 0) is 85.5 Å². The second kappa shape index (κ2) is 5.01. The molecule has 1 aromatic rings. The van der Waals surface area contributed by atoms with Gasteiger partial charge >= 0.3 is 0 Å². The normalized spacial score (nSPS) is 47.6. The first-order valence-electron chi connectivity index (χ1n) is 10.00. The first-order chi connectivity index (χ1) is 11.9. The summed E-state index contributed by atoms with van der Waals surface area (Å²) in [5, 5.41) is 22.0. The molecule has 1 aromatic carbocycles. The lowest BCUT2D eigenvalue weighted by Gasteiger charge is -2.64. The van der Waals surface area contributed by atoms with Gasteiger partial charge in [0, 0.05) is 11.8 Å². The molecule has 3 fully saturated rings. The molecule has 6 atom stereocenters. The summed E-state index contributed by atoms with van der Waals surface area (Å²) in [7, 11) is 1.74. The smallest absolute Gasteiger partial charge is 0.119 e. The Morgan fingerprint density at radius 2 is 1.96 bits per heavy atom. The maximum atomic E-state index is 11.4. The molecule has 4 aliphatic carbocycles. The van der Waals surface area contributed by atoms with Gasteiger partial charge in [0.15, 0.2) is 0 Å². The highest BCUT2D eigenvalue weighted by Gasteiger charge is 2.72. The van der Waals surface area contributed by atoms with Crippen molar-refractivity contribution in [2.75, 3.05) is 7.11 Å². The van der Waals surface area contributed by atoms with Gasteiger partial charge in [-0.25, -0.2) is 0 Å². The predicted octanol–water partition coefficient (Wildman–Crippen LogP) is 3.81. The first-order valence-corrected chi connectivity index (χ1v) is 10.00. The van der Waals surface area contributed by atoms with E-state index in [9.17, 15) is 10.2 Å². The van der Waals surface area contributed by atoms with Crippen LogP contribution in [0, 0.1) is 16.7 Å². The summed E-state index contributed by atoms with van der Waals surface area (Å²) in [6.45, 7) is 2.34. The van der Waals surface area contributed by atoms with Crippen molar-refractivity contribution in [2.45, 2.75) is 75.9 Å². The zero-order valence-electron chi connectivity index (χ0n) is 15.4. The fraction of sp³-hybridized carbons (Fsp3) is 0.727. The van der Waals surface area contributed by atoms with Crippen LogP contribution in [0.2, 0.25) is 0 Å². The SMILES string of the molecule is COc1ccc2c(c1)CC[C@@H]1[C@@H]2CC[C@]2(C)[C@]3(O)CC[C@]12C[C@H](O)C3. The molecule has 25 heavy (non-hydrogen) atoms. The number of benzene rings is 1. The lowest BCUT2D eigenvalue weighted by Crippen LogP contribution is -2.62. The van der Waals surface area contributed by atoms with Gasteiger partial charge in [0.2, 0.25) is 0 Å². The molecular weight excluding hydrogens is 312 g/mol. The maximum absolute atomic E-state index is 11.4. The molecule has 5 rings (SSSR count). The van der Waals surface area contributed by atoms with Gasteiger partial charge in [-0.1, -0.05) is 13.0 Å². The molecule has 0 amide bonds. The van der Waals surface area contributed by atoms with Crippen LogP contribution < -0.4 is 4.74 Å². The lowest BCUT2D eigenvalue weighted by molar-refractivity contribution is -0.204. The molecule has 0 unspecified atom stereocenters. The van der Waals surface area contributed by atoms with E-state index in [0.29, 0.717) is 18.3 Å². The van der Waals surface area contributed by atoms with Crippen molar-refractivity contribution in [3.63, 3.8) is 0 Å². The highest BCUT2D eigenvalue weighted by molar-refractivity contribution is 5.41. The summed E-state index contributed by atoms with van der Waals surface area (Å²) in [5.41, 5.74) is 2.38. The largest absolute Gasteiger partial charge is 0.497 e. The van der Waals surface area contributed by atoms with E-state index in [-0.39, 0.29) is 16.9 Å². The Bertz CT molecular complexity index is 715. The number of hydrogen-bond acceptors (Lipinski definition) is 3. The maximum Gasteiger partial charge on any atom is 0.119 e. The zero-order chi connectivity index (χ0) is 17.4. The fourth-order valence-electron chi connectivity index (χ4n) is 7.69. The molecule has 0 aromatic heterocycles. The van der Waals surface area contributed by atoms with Crippen LogP contribution in [-0.4, -0.2) is 29.0 Å². The van der Waals surface area contributed by atoms with Crippen molar-refractivity contribution in [3.05, 3.63) is 29.3 Å². The molecule has 2 N–H and O–H groups in total. The van der Waals surface area contributed by atoms with Crippen LogP contribution in [0.5, 0.6) is 5.75 Å². The van der Waals surface area contributed by atoms with E-state index in [0.717, 1.165) is 37.9 Å². The minimum Gasteiger partial charge on any atom is -0.497 e. The molecule has 0 radical (unpaired) electrons.